The first-order valence-electron chi connectivity index (χ1n) is 13.4. The van der Waals surface area contributed by atoms with Gasteiger partial charge in [0.05, 0.1) is 18.0 Å². The van der Waals surface area contributed by atoms with Crippen LogP contribution in [0.15, 0.2) is 83.8 Å². The Hall–Kier alpha value is -3.89. The number of nitrogens with zero attached hydrogens (tertiary/aromatic N) is 1. The van der Waals surface area contributed by atoms with Gasteiger partial charge in [0.25, 0.3) is 0 Å². The third-order valence-corrected chi connectivity index (χ3v) is 8.52. The molecule has 0 aromatic heterocycles. The predicted molar refractivity (Wildman–Crippen MR) is 154 cm³/mol. The highest BCUT2D eigenvalue weighted by Crippen LogP contribution is 2.28. The molecule has 1 unspecified atom stereocenters. The van der Waals surface area contributed by atoms with Crippen LogP contribution in [-0.4, -0.2) is 50.1 Å². The average Bonchev–Trinajstić information content (AvgIpc) is 3.46. The molecule has 1 aliphatic rings. The van der Waals surface area contributed by atoms with Gasteiger partial charge in [-0.15, -0.1) is 0 Å². The molecule has 2 atom stereocenters. The molecule has 1 amide bonds. The molecular weight excluding hydrogens is 544 g/mol. The quantitative estimate of drug-likeness (QED) is 0.346. The van der Waals surface area contributed by atoms with E-state index in [9.17, 15) is 18.0 Å². The molecule has 1 saturated heterocycles. The molecule has 218 valence electrons. The van der Waals surface area contributed by atoms with E-state index in [1.807, 2.05) is 75.4 Å². The Morgan fingerprint density at radius 1 is 0.976 bits per heavy atom. The van der Waals surface area contributed by atoms with Gasteiger partial charge in [0, 0.05) is 6.54 Å². The number of benzene rings is 3. The van der Waals surface area contributed by atoms with Gasteiger partial charge in [-0.25, -0.2) is 13.2 Å². The smallest absolute Gasteiger partial charge is 0.408 e. The van der Waals surface area contributed by atoms with Crippen molar-refractivity contribution in [3.05, 3.63) is 95.6 Å². The Labute approximate surface area is 241 Å². The molecule has 4 rings (SSSR count). The first kappa shape index (κ1) is 30.1. The molecule has 3 aromatic carbocycles. The largest absolute Gasteiger partial charge is 0.489 e. The number of amides is 1. The Bertz CT molecular complexity index is 1450. The number of carbonyl (C=O) groups excluding carboxylic acids is 2. The molecule has 0 bridgehead atoms. The maximum absolute atomic E-state index is 13.2. The molecule has 3 aromatic rings. The van der Waals surface area contributed by atoms with Crippen molar-refractivity contribution in [3.8, 4) is 5.75 Å². The zero-order valence-electron chi connectivity index (χ0n) is 23.7. The lowest BCUT2D eigenvalue weighted by Crippen LogP contribution is -2.41. The highest BCUT2D eigenvalue weighted by molar-refractivity contribution is 7.89. The molecule has 0 radical (unpaired) electrons. The van der Waals surface area contributed by atoms with Gasteiger partial charge in [-0.2, -0.15) is 4.31 Å². The van der Waals surface area contributed by atoms with Crippen LogP contribution in [0, 0.1) is 0 Å². The second-order valence-corrected chi connectivity index (χ2v) is 12.7. The van der Waals surface area contributed by atoms with Crippen LogP contribution < -0.4 is 10.1 Å². The van der Waals surface area contributed by atoms with E-state index < -0.39 is 39.8 Å². The minimum atomic E-state index is -3.84. The SMILES string of the molecule is COC(=O)C1CCCN1S(=O)(=O)c1ccc(COc2cccc([C@@H](NC(=O)OC(C)(C)C)c3ccccc3)c2)cc1. The van der Waals surface area contributed by atoms with E-state index in [2.05, 4.69) is 5.32 Å². The highest BCUT2D eigenvalue weighted by atomic mass is 32.2. The number of hydrogen-bond donors (Lipinski definition) is 1. The zero-order valence-corrected chi connectivity index (χ0v) is 24.5. The van der Waals surface area contributed by atoms with Crippen LogP contribution in [0.3, 0.4) is 0 Å². The first-order chi connectivity index (χ1) is 19.5. The molecule has 1 fully saturated rings. The molecule has 1 heterocycles. The number of nitrogens with one attached hydrogen (secondary N) is 1. The average molecular weight is 581 g/mol. The topological polar surface area (TPSA) is 111 Å². The Balaban J connectivity index is 1.46. The summed E-state index contributed by atoms with van der Waals surface area (Å²) in [6, 6.07) is 22.2. The fourth-order valence-corrected chi connectivity index (χ4v) is 6.32. The second-order valence-electron chi connectivity index (χ2n) is 10.8. The van der Waals surface area contributed by atoms with Crippen LogP contribution in [0.5, 0.6) is 5.75 Å². The number of hydrogen-bond acceptors (Lipinski definition) is 7. The van der Waals surface area contributed by atoms with Gasteiger partial charge in [0.2, 0.25) is 10.0 Å². The summed E-state index contributed by atoms with van der Waals surface area (Å²) in [6.45, 7) is 5.91. The number of esters is 1. The number of carbonyl (C=O) groups is 2. The summed E-state index contributed by atoms with van der Waals surface area (Å²) < 4.78 is 43.9. The van der Waals surface area contributed by atoms with Crippen molar-refractivity contribution in [2.45, 2.75) is 62.8 Å². The summed E-state index contributed by atoms with van der Waals surface area (Å²) in [5.74, 6) is 0.0400. The maximum Gasteiger partial charge on any atom is 0.408 e. The predicted octanol–water partition coefficient (Wildman–Crippen LogP) is 5.21. The van der Waals surface area contributed by atoms with Crippen molar-refractivity contribution in [1.82, 2.24) is 9.62 Å². The number of methoxy groups -OCH3 is 1. The van der Waals surface area contributed by atoms with E-state index in [-0.39, 0.29) is 18.0 Å². The van der Waals surface area contributed by atoms with Crippen LogP contribution in [0.2, 0.25) is 0 Å². The van der Waals surface area contributed by atoms with E-state index in [0.717, 1.165) is 16.7 Å². The van der Waals surface area contributed by atoms with Crippen LogP contribution in [0.4, 0.5) is 4.79 Å². The third kappa shape index (κ3) is 7.65. The molecule has 1 N–H and O–H groups in total. The molecule has 0 aliphatic carbocycles. The molecule has 41 heavy (non-hydrogen) atoms. The van der Waals surface area contributed by atoms with Crippen LogP contribution >= 0.6 is 0 Å². The van der Waals surface area contributed by atoms with E-state index in [0.29, 0.717) is 18.6 Å². The van der Waals surface area contributed by atoms with Crippen molar-refractivity contribution >= 4 is 22.1 Å². The number of ether oxygens (including phenoxy) is 3. The van der Waals surface area contributed by atoms with Crippen LogP contribution in [0.1, 0.15) is 56.3 Å². The van der Waals surface area contributed by atoms with Gasteiger partial charge in [-0.1, -0.05) is 54.6 Å². The van der Waals surface area contributed by atoms with Crippen LogP contribution in [-0.2, 0) is 30.9 Å². The second kappa shape index (κ2) is 12.7. The normalized spacial score (nSPS) is 16.5. The summed E-state index contributed by atoms with van der Waals surface area (Å²) >= 11 is 0. The Kier molecular flexibility index (Phi) is 9.35. The zero-order chi connectivity index (χ0) is 29.6. The fraction of sp³-hybridized carbons (Fsp3) is 0.355. The maximum atomic E-state index is 13.2. The van der Waals surface area contributed by atoms with Gasteiger partial charge >= 0.3 is 12.1 Å². The van der Waals surface area contributed by atoms with Crippen molar-refractivity contribution in [2.24, 2.45) is 0 Å². The van der Waals surface area contributed by atoms with Gasteiger partial charge < -0.3 is 19.5 Å². The van der Waals surface area contributed by atoms with Gasteiger partial charge in [-0.05, 0) is 74.6 Å². The van der Waals surface area contributed by atoms with E-state index in [1.54, 1.807) is 12.1 Å². The van der Waals surface area contributed by atoms with Gasteiger partial charge in [-0.3, -0.25) is 4.79 Å². The minimum absolute atomic E-state index is 0.109. The standard InChI is InChI=1S/C31H36N2O7S/c1-31(2,3)40-30(35)32-28(23-10-6-5-7-11-23)24-12-8-13-25(20-24)39-21-22-15-17-26(18-16-22)41(36,37)33-19-9-14-27(33)29(34)38-4/h5-8,10-13,15-18,20,27-28H,9,14,19,21H2,1-4H3,(H,32,35)/t27?,28-/m0/s1. The number of rotatable bonds is 9. The lowest BCUT2D eigenvalue weighted by molar-refractivity contribution is -0.144. The molecular formula is C31H36N2O7S. The fourth-order valence-electron chi connectivity index (χ4n) is 4.67. The van der Waals surface area contributed by atoms with Crippen molar-refractivity contribution in [2.75, 3.05) is 13.7 Å². The van der Waals surface area contributed by atoms with Crippen LogP contribution in [0.25, 0.3) is 0 Å². The number of alkyl carbamates (subject to hydrolysis) is 1. The monoisotopic (exact) mass is 580 g/mol. The highest BCUT2D eigenvalue weighted by Gasteiger charge is 2.40. The lowest BCUT2D eigenvalue weighted by Gasteiger charge is -2.24. The summed E-state index contributed by atoms with van der Waals surface area (Å²) in [4.78, 5) is 24.8. The summed E-state index contributed by atoms with van der Waals surface area (Å²) in [6.07, 6.45) is 0.511. The molecule has 0 saturated carbocycles. The van der Waals surface area contributed by atoms with Crippen molar-refractivity contribution < 1.29 is 32.2 Å². The minimum Gasteiger partial charge on any atom is -0.489 e. The lowest BCUT2D eigenvalue weighted by atomic mass is 9.98. The summed E-state index contributed by atoms with van der Waals surface area (Å²) in [5.41, 5.74) is 1.83. The Morgan fingerprint density at radius 2 is 1.66 bits per heavy atom. The van der Waals surface area contributed by atoms with E-state index in [4.69, 9.17) is 14.2 Å². The molecule has 1 aliphatic heterocycles. The van der Waals surface area contributed by atoms with E-state index in [1.165, 1.54) is 23.5 Å². The number of sulfonamides is 1. The van der Waals surface area contributed by atoms with Crippen molar-refractivity contribution in [1.29, 1.82) is 0 Å². The van der Waals surface area contributed by atoms with Gasteiger partial charge in [0.1, 0.15) is 24.0 Å². The molecule has 10 heteroatoms. The summed E-state index contributed by atoms with van der Waals surface area (Å²) in [7, 11) is -2.58. The summed E-state index contributed by atoms with van der Waals surface area (Å²) in [5, 5.41) is 2.96. The molecule has 0 spiro atoms. The molecule has 9 nitrogen and oxygen atoms in total. The Morgan fingerprint density at radius 3 is 2.32 bits per heavy atom. The van der Waals surface area contributed by atoms with E-state index >= 15 is 0 Å². The van der Waals surface area contributed by atoms with Crippen molar-refractivity contribution in [3.63, 3.8) is 0 Å². The van der Waals surface area contributed by atoms with Gasteiger partial charge in [0.15, 0.2) is 0 Å². The third-order valence-electron chi connectivity index (χ3n) is 6.60. The first-order valence-corrected chi connectivity index (χ1v) is 14.9.